The minimum absolute atomic E-state index is 0.604. The van der Waals surface area contributed by atoms with Crippen molar-refractivity contribution < 1.29 is 4.42 Å². The summed E-state index contributed by atoms with van der Waals surface area (Å²) < 4.78 is 5.24. The van der Waals surface area contributed by atoms with E-state index in [0.29, 0.717) is 6.04 Å². The van der Waals surface area contributed by atoms with Crippen molar-refractivity contribution in [2.45, 2.75) is 25.3 Å². The third-order valence-electron chi connectivity index (χ3n) is 3.25. The van der Waals surface area contributed by atoms with Crippen molar-refractivity contribution in [3.05, 3.63) is 23.7 Å². The van der Waals surface area contributed by atoms with Crippen LogP contribution in [0.15, 0.2) is 16.9 Å². The lowest BCUT2D eigenvalue weighted by Gasteiger charge is -2.24. The van der Waals surface area contributed by atoms with Gasteiger partial charge in [0.1, 0.15) is 0 Å². The summed E-state index contributed by atoms with van der Waals surface area (Å²) in [5.74, 6) is 0.870. The van der Waals surface area contributed by atoms with E-state index in [0.717, 1.165) is 5.92 Å². The Morgan fingerprint density at radius 1 is 1.33 bits per heavy atom. The van der Waals surface area contributed by atoms with Gasteiger partial charge in [-0.1, -0.05) is 0 Å². The summed E-state index contributed by atoms with van der Waals surface area (Å²) in [6, 6.07) is 0.604. The molecule has 0 amide bonds. The molecule has 0 radical (unpaired) electrons. The summed E-state index contributed by atoms with van der Waals surface area (Å²) in [5, 5.41) is 3.54. The van der Waals surface area contributed by atoms with Crippen molar-refractivity contribution in [3.63, 3.8) is 0 Å². The highest BCUT2D eigenvalue weighted by atomic mass is 16.3. The number of nitrogens with one attached hydrogen (secondary N) is 1. The topological polar surface area (TPSA) is 25.2 Å². The molecule has 0 bridgehead atoms. The molecule has 1 N–H and O–H groups in total. The smallest absolute Gasteiger partial charge is 0.0953 e. The average molecular weight is 163 g/mol. The highest BCUT2D eigenvalue weighted by molar-refractivity contribution is 5.29. The van der Waals surface area contributed by atoms with Gasteiger partial charge in [-0.3, -0.25) is 0 Å². The Hall–Kier alpha value is -0.760. The van der Waals surface area contributed by atoms with Crippen LogP contribution in [0.1, 0.15) is 30.0 Å². The van der Waals surface area contributed by atoms with Crippen LogP contribution < -0.4 is 5.32 Å². The molecular formula is C10H13NO. The van der Waals surface area contributed by atoms with Gasteiger partial charge in [0, 0.05) is 11.6 Å². The number of furan rings is 1. The lowest BCUT2D eigenvalue weighted by atomic mass is 9.83. The van der Waals surface area contributed by atoms with Gasteiger partial charge in [-0.25, -0.2) is 0 Å². The molecular weight excluding hydrogens is 150 g/mol. The Balaban J connectivity index is 2.04. The molecule has 0 spiro atoms. The number of hydrogen-bond acceptors (Lipinski definition) is 2. The lowest BCUT2D eigenvalue weighted by Crippen LogP contribution is -2.22. The third kappa shape index (κ3) is 0.787. The van der Waals surface area contributed by atoms with Crippen LogP contribution in [0.2, 0.25) is 0 Å². The zero-order valence-electron chi connectivity index (χ0n) is 7.05. The molecule has 2 heterocycles. The van der Waals surface area contributed by atoms with Crippen LogP contribution in [0.4, 0.5) is 0 Å². The lowest BCUT2D eigenvalue weighted by molar-refractivity contribution is 0.406. The second-order valence-corrected chi connectivity index (χ2v) is 3.87. The average Bonchev–Trinajstić information content (AvgIpc) is 2.71. The molecule has 2 heteroatoms. The van der Waals surface area contributed by atoms with Crippen LogP contribution in [-0.4, -0.2) is 6.54 Å². The summed E-state index contributed by atoms with van der Waals surface area (Å²) in [7, 11) is 0. The molecule has 0 aromatic carbocycles. The Bertz CT molecular complexity index is 292. The van der Waals surface area contributed by atoms with E-state index < -0.39 is 0 Å². The standard InChI is InChI=1S/C10H13NO/c1-2-8-5-12-6-9(8)10-7(1)3-4-11-10/h5-7,10-11H,1-4H2. The highest BCUT2D eigenvalue weighted by Crippen LogP contribution is 2.39. The van der Waals surface area contributed by atoms with Gasteiger partial charge < -0.3 is 9.73 Å². The van der Waals surface area contributed by atoms with Crippen molar-refractivity contribution >= 4 is 0 Å². The van der Waals surface area contributed by atoms with Crippen molar-refractivity contribution in [2.75, 3.05) is 6.54 Å². The minimum Gasteiger partial charge on any atom is -0.472 e. The predicted molar refractivity (Wildman–Crippen MR) is 45.9 cm³/mol. The molecule has 64 valence electrons. The van der Waals surface area contributed by atoms with Crippen molar-refractivity contribution in [1.29, 1.82) is 0 Å². The van der Waals surface area contributed by atoms with Crippen LogP contribution >= 0.6 is 0 Å². The zero-order chi connectivity index (χ0) is 7.97. The first-order chi connectivity index (χ1) is 5.95. The SMILES string of the molecule is c1occ2c1CCC1CCNC21. The maximum absolute atomic E-state index is 5.24. The fourth-order valence-electron chi connectivity index (χ4n) is 2.58. The van der Waals surface area contributed by atoms with Gasteiger partial charge in [0.15, 0.2) is 0 Å². The van der Waals surface area contributed by atoms with Gasteiger partial charge in [-0.2, -0.15) is 0 Å². The van der Waals surface area contributed by atoms with Crippen LogP contribution in [0.5, 0.6) is 0 Å². The predicted octanol–water partition coefficient (Wildman–Crippen LogP) is 1.88. The summed E-state index contributed by atoms with van der Waals surface area (Å²) in [4.78, 5) is 0. The molecule has 12 heavy (non-hydrogen) atoms. The summed E-state index contributed by atoms with van der Waals surface area (Å²) in [6.07, 6.45) is 7.73. The van der Waals surface area contributed by atoms with Gasteiger partial charge in [0.25, 0.3) is 0 Å². The first kappa shape index (κ1) is 6.72. The highest BCUT2D eigenvalue weighted by Gasteiger charge is 2.33. The number of fused-ring (bicyclic) bond motifs is 3. The molecule has 3 rings (SSSR count). The monoisotopic (exact) mass is 163 g/mol. The van der Waals surface area contributed by atoms with Crippen LogP contribution in [-0.2, 0) is 6.42 Å². The second kappa shape index (κ2) is 2.36. The normalized spacial score (nSPS) is 33.0. The van der Waals surface area contributed by atoms with Gasteiger partial charge in [-0.15, -0.1) is 0 Å². The Labute approximate surface area is 72.0 Å². The number of hydrogen-bond donors (Lipinski definition) is 1. The third-order valence-corrected chi connectivity index (χ3v) is 3.25. The second-order valence-electron chi connectivity index (χ2n) is 3.87. The first-order valence-corrected chi connectivity index (χ1v) is 4.73. The maximum Gasteiger partial charge on any atom is 0.0953 e. The maximum atomic E-state index is 5.24. The fraction of sp³-hybridized carbons (Fsp3) is 0.600. The Kier molecular flexibility index (Phi) is 1.32. The van der Waals surface area contributed by atoms with Crippen LogP contribution in [0.3, 0.4) is 0 Å². The largest absolute Gasteiger partial charge is 0.472 e. The zero-order valence-corrected chi connectivity index (χ0v) is 7.05. The van der Waals surface area contributed by atoms with E-state index in [9.17, 15) is 0 Å². The van der Waals surface area contributed by atoms with Gasteiger partial charge >= 0.3 is 0 Å². The van der Waals surface area contributed by atoms with Crippen molar-refractivity contribution in [1.82, 2.24) is 5.32 Å². The van der Waals surface area contributed by atoms with E-state index >= 15 is 0 Å². The molecule has 1 aromatic heterocycles. The van der Waals surface area contributed by atoms with Crippen molar-refractivity contribution in [3.8, 4) is 0 Å². The first-order valence-electron chi connectivity index (χ1n) is 4.73. The molecule has 1 aliphatic carbocycles. The number of aryl methyl sites for hydroxylation is 1. The Morgan fingerprint density at radius 2 is 2.33 bits per heavy atom. The molecule has 2 atom stereocenters. The fourth-order valence-corrected chi connectivity index (χ4v) is 2.58. The summed E-state index contributed by atoms with van der Waals surface area (Å²) >= 11 is 0. The van der Waals surface area contributed by atoms with E-state index in [1.165, 1.54) is 36.9 Å². The van der Waals surface area contributed by atoms with E-state index in [1.807, 2.05) is 12.5 Å². The molecule has 2 unspecified atom stereocenters. The van der Waals surface area contributed by atoms with E-state index in [4.69, 9.17) is 4.42 Å². The molecule has 1 aliphatic heterocycles. The number of rotatable bonds is 0. The molecule has 1 fully saturated rings. The van der Waals surface area contributed by atoms with Crippen molar-refractivity contribution in [2.24, 2.45) is 5.92 Å². The van der Waals surface area contributed by atoms with E-state index in [2.05, 4.69) is 5.32 Å². The van der Waals surface area contributed by atoms with Gasteiger partial charge in [0.2, 0.25) is 0 Å². The van der Waals surface area contributed by atoms with Gasteiger partial charge in [0.05, 0.1) is 12.5 Å². The molecule has 2 aliphatic rings. The summed E-state index contributed by atoms with van der Waals surface area (Å²) in [6.45, 7) is 1.18. The molecule has 1 aromatic rings. The van der Waals surface area contributed by atoms with Crippen LogP contribution in [0, 0.1) is 5.92 Å². The van der Waals surface area contributed by atoms with Crippen LogP contribution in [0.25, 0.3) is 0 Å². The molecule has 0 saturated carbocycles. The van der Waals surface area contributed by atoms with E-state index in [1.54, 1.807) is 0 Å². The summed E-state index contributed by atoms with van der Waals surface area (Å²) in [5.41, 5.74) is 2.84. The molecule has 1 saturated heterocycles. The Morgan fingerprint density at radius 3 is 3.33 bits per heavy atom. The van der Waals surface area contributed by atoms with E-state index in [-0.39, 0.29) is 0 Å². The minimum atomic E-state index is 0.604. The van der Waals surface area contributed by atoms with Gasteiger partial charge in [-0.05, 0) is 37.3 Å². The molecule has 2 nitrogen and oxygen atoms in total. The quantitative estimate of drug-likeness (QED) is 0.631.